The van der Waals surface area contributed by atoms with Gasteiger partial charge in [-0.2, -0.15) is 0 Å². The summed E-state index contributed by atoms with van der Waals surface area (Å²) in [6.45, 7) is 3.73. The quantitative estimate of drug-likeness (QED) is 0.720. The van der Waals surface area contributed by atoms with Crippen LogP contribution in [0.1, 0.15) is 13.8 Å². The lowest BCUT2D eigenvalue weighted by Gasteiger charge is -2.07. The van der Waals surface area contributed by atoms with Crippen LogP contribution in [-0.2, 0) is 4.79 Å². The monoisotopic (exact) mass is 338 g/mol. The summed E-state index contributed by atoms with van der Waals surface area (Å²) in [5, 5.41) is 15.1. The molecule has 0 fully saturated rings. The number of nitrogens with zero attached hydrogens (tertiary/aromatic N) is 1. The second-order valence-electron chi connectivity index (χ2n) is 5.81. The van der Waals surface area contributed by atoms with Gasteiger partial charge in [0, 0.05) is 28.1 Å². The Morgan fingerprint density at radius 2 is 1.67 bits per heavy atom. The summed E-state index contributed by atoms with van der Waals surface area (Å²) < 4.78 is 0. The molecule has 3 aromatic rings. The van der Waals surface area contributed by atoms with Crippen molar-refractivity contribution in [3.05, 3.63) is 53.9 Å². The van der Waals surface area contributed by atoms with Gasteiger partial charge in [0.05, 0.1) is 5.69 Å². The predicted molar refractivity (Wildman–Crippen MR) is 98.1 cm³/mol. The lowest BCUT2D eigenvalue weighted by Crippen LogP contribution is -2.17. The maximum absolute atomic E-state index is 11.7. The average Bonchev–Trinajstić information content (AvgIpc) is 3.06. The number of hydrogen-bond acceptors (Lipinski definition) is 4. The number of nitrogens with one attached hydrogen (secondary N) is 1. The summed E-state index contributed by atoms with van der Waals surface area (Å²) in [4.78, 5) is 16.4. The van der Waals surface area contributed by atoms with E-state index in [2.05, 4.69) is 10.3 Å². The summed E-state index contributed by atoms with van der Waals surface area (Å²) in [6, 6.07) is 14.7. The molecule has 0 aliphatic heterocycles. The number of carbonyl (C=O) groups excluding carboxylic acids is 1. The first kappa shape index (κ1) is 16.2. The van der Waals surface area contributed by atoms with Gasteiger partial charge in [0.15, 0.2) is 0 Å². The Hall–Kier alpha value is -2.66. The van der Waals surface area contributed by atoms with Crippen LogP contribution in [0.4, 0.5) is 5.69 Å². The summed E-state index contributed by atoms with van der Waals surface area (Å²) in [5.41, 5.74) is 3.65. The van der Waals surface area contributed by atoms with Crippen molar-refractivity contribution in [2.75, 3.05) is 5.32 Å². The predicted octanol–water partition coefficient (Wildman–Crippen LogP) is 4.78. The number of thiazole rings is 1. The van der Waals surface area contributed by atoms with E-state index in [1.54, 1.807) is 23.5 Å². The number of benzene rings is 2. The van der Waals surface area contributed by atoms with Crippen LogP contribution in [0.2, 0.25) is 0 Å². The molecule has 122 valence electrons. The van der Waals surface area contributed by atoms with Gasteiger partial charge in [-0.1, -0.05) is 26.0 Å². The van der Waals surface area contributed by atoms with Crippen molar-refractivity contribution >= 4 is 22.9 Å². The van der Waals surface area contributed by atoms with Crippen LogP contribution in [0.5, 0.6) is 5.75 Å². The molecule has 0 saturated carbocycles. The zero-order chi connectivity index (χ0) is 17.1. The molecule has 0 spiro atoms. The highest BCUT2D eigenvalue weighted by molar-refractivity contribution is 7.13. The smallest absolute Gasteiger partial charge is 0.226 e. The van der Waals surface area contributed by atoms with Crippen LogP contribution in [-0.4, -0.2) is 16.0 Å². The largest absolute Gasteiger partial charge is 0.508 e. The molecule has 0 saturated heterocycles. The van der Waals surface area contributed by atoms with E-state index in [9.17, 15) is 9.90 Å². The van der Waals surface area contributed by atoms with Gasteiger partial charge < -0.3 is 10.4 Å². The zero-order valence-corrected chi connectivity index (χ0v) is 14.3. The number of aromatic hydroxyl groups is 1. The molecule has 5 heteroatoms. The number of rotatable bonds is 4. The Balaban J connectivity index is 1.78. The average molecular weight is 338 g/mol. The Bertz CT molecular complexity index is 837. The molecule has 2 aromatic carbocycles. The minimum atomic E-state index is -0.0453. The Morgan fingerprint density at radius 3 is 2.29 bits per heavy atom. The standard InChI is InChI=1S/C19H18N2O2S/c1-12(2)18(23)20-15-7-3-13(4-8-15)17-11-24-19(21-17)14-5-9-16(22)10-6-14/h3-12,22H,1-2H3,(H,20,23). The molecule has 3 rings (SSSR count). The van der Waals surface area contributed by atoms with Gasteiger partial charge in [0.1, 0.15) is 10.8 Å². The number of anilines is 1. The second kappa shape index (κ2) is 6.84. The molecule has 0 unspecified atom stereocenters. The van der Waals surface area contributed by atoms with Crippen molar-refractivity contribution in [2.24, 2.45) is 5.92 Å². The Kier molecular flexibility index (Phi) is 4.62. The highest BCUT2D eigenvalue weighted by Crippen LogP contribution is 2.30. The Morgan fingerprint density at radius 1 is 1.04 bits per heavy atom. The van der Waals surface area contributed by atoms with Crippen LogP contribution in [0.3, 0.4) is 0 Å². The second-order valence-corrected chi connectivity index (χ2v) is 6.66. The fourth-order valence-corrected chi connectivity index (χ4v) is 2.99. The van der Waals surface area contributed by atoms with Gasteiger partial charge in [0.25, 0.3) is 0 Å². The van der Waals surface area contributed by atoms with E-state index in [-0.39, 0.29) is 17.6 Å². The van der Waals surface area contributed by atoms with Gasteiger partial charge in [-0.3, -0.25) is 4.79 Å². The summed E-state index contributed by atoms with van der Waals surface area (Å²) in [5.74, 6) is 0.205. The first-order valence-corrected chi connectivity index (χ1v) is 8.57. The van der Waals surface area contributed by atoms with Crippen molar-refractivity contribution in [3.63, 3.8) is 0 Å². The third-order valence-corrected chi connectivity index (χ3v) is 4.48. The highest BCUT2D eigenvalue weighted by Gasteiger charge is 2.09. The van der Waals surface area contributed by atoms with E-state index in [0.717, 1.165) is 27.5 Å². The first-order valence-electron chi connectivity index (χ1n) is 7.69. The summed E-state index contributed by atoms with van der Waals surface area (Å²) in [6.07, 6.45) is 0. The van der Waals surface area contributed by atoms with Crippen molar-refractivity contribution in [3.8, 4) is 27.6 Å². The third-order valence-electron chi connectivity index (χ3n) is 3.59. The van der Waals surface area contributed by atoms with Crippen molar-refractivity contribution in [2.45, 2.75) is 13.8 Å². The van der Waals surface area contributed by atoms with E-state index in [0.29, 0.717) is 0 Å². The van der Waals surface area contributed by atoms with E-state index < -0.39 is 0 Å². The molecule has 0 aliphatic rings. The fourth-order valence-electron chi connectivity index (χ4n) is 2.15. The first-order chi connectivity index (χ1) is 11.5. The lowest BCUT2D eigenvalue weighted by molar-refractivity contribution is -0.118. The van der Waals surface area contributed by atoms with Crippen molar-refractivity contribution in [1.82, 2.24) is 4.98 Å². The molecule has 1 amide bonds. The number of carbonyl (C=O) groups is 1. The molecule has 4 nitrogen and oxygen atoms in total. The van der Waals surface area contributed by atoms with Crippen molar-refractivity contribution in [1.29, 1.82) is 0 Å². The minimum absolute atomic E-state index is 0.00558. The summed E-state index contributed by atoms with van der Waals surface area (Å²) in [7, 11) is 0. The van der Waals surface area contributed by atoms with Crippen LogP contribution in [0, 0.1) is 5.92 Å². The topological polar surface area (TPSA) is 62.2 Å². The molecule has 0 bridgehead atoms. The molecule has 1 aromatic heterocycles. The van der Waals surface area contributed by atoms with E-state index in [1.165, 1.54) is 0 Å². The Labute approximate surface area is 144 Å². The van der Waals surface area contributed by atoms with Crippen LogP contribution in [0.15, 0.2) is 53.9 Å². The number of aromatic nitrogens is 1. The van der Waals surface area contributed by atoms with Gasteiger partial charge >= 0.3 is 0 Å². The van der Waals surface area contributed by atoms with Crippen LogP contribution in [0.25, 0.3) is 21.8 Å². The molecule has 2 N–H and O–H groups in total. The SMILES string of the molecule is CC(C)C(=O)Nc1ccc(-c2csc(-c3ccc(O)cc3)n2)cc1. The molecule has 0 atom stereocenters. The van der Waals surface area contributed by atoms with Gasteiger partial charge in [0.2, 0.25) is 5.91 Å². The zero-order valence-electron chi connectivity index (χ0n) is 13.5. The maximum atomic E-state index is 11.7. The molecular weight excluding hydrogens is 320 g/mol. The van der Waals surface area contributed by atoms with E-state index >= 15 is 0 Å². The van der Waals surface area contributed by atoms with E-state index in [1.807, 2.05) is 55.6 Å². The van der Waals surface area contributed by atoms with Gasteiger partial charge in [-0.25, -0.2) is 4.98 Å². The van der Waals surface area contributed by atoms with Gasteiger partial charge in [-0.15, -0.1) is 11.3 Å². The van der Waals surface area contributed by atoms with Crippen LogP contribution < -0.4 is 5.32 Å². The number of phenols is 1. The van der Waals surface area contributed by atoms with E-state index in [4.69, 9.17) is 0 Å². The number of hydrogen-bond donors (Lipinski definition) is 2. The minimum Gasteiger partial charge on any atom is -0.508 e. The molecule has 0 radical (unpaired) electrons. The highest BCUT2D eigenvalue weighted by atomic mass is 32.1. The third kappa shape index (κ3) is 3.63. The molecule has 24 heavy (non-hydrogen) atoms. The molecule has 1 heterocycles. The fraction of sp³-hybridized carbons (Fsp3) is 0.158. The van der Waals surface area contributed by atoms with Gasteiger partial charge in [-0.05, 0) is 36.4 Å². The van der Waals surface area contributed by atoms with Crippen molar-refractivity contribution < 1.29 is 9.90 Å². The summed E-state index contributed by atoms with van der Waals surface area (Å²) >= 11 is 1.56. The van der Waals surface area contributed by atoms with Crippen LogP contribution >= 0.6 is 11.3 Å². The normalized spacial score (nSPS) is 10.8. The maximum Gasteiger partial charge on any atom is 0.226 e. The lowest BCUT2D eigenvalue weighted by atomic mass is 10.1. The number of amides is 1. The molecular formula is C19H18N2O2S. The number of phenolic OH excluding ortho intramolecular Hbond substituents is 1. The molecule has 0 aliphatic carbocycles.